The molecule has 2 aromatic carbocycles. The molecule has 0 aliphatic rings. The Bertz CT molecular complexity index is 825. The first-order valence-electron chi connectivity index (χ1n) is 9.46. The van der Waals surface area contributed by atoms with Crippen LogP contribution < -0.4 is 5.32 Å². The van der Waals surface area contributed by atoms with E-state index in [9.17, 15) is 9.59 Å². The number of halogens is 1. The summed E-state index contributed by atoms with van der Waals surface area (Å²) in [5.74, 6) is -0.215. The van der Waals surface area contributed by atoms with Crippen LogP contribution in [0.3, 0.4) is 0 Å². The van der Waals surface area contributed by atoms with Gasteiger partial charge in [-0.1, -0.05) is 57.9 Å². The lowest BCUT2D eigenvalue weighted by atomic mass is 10.1. The Morgan fingerprint density at radius 3 is 2.29 bits per heavy atom. The van der Waals surface area contributed by atoms with Crippen LogP contribution >= 0.6 is 15.9 Å². The number of hydrogen-bond acceptors (Lipinski definition) is 2. The number of carbonyl (C=O) groups excluding carboxylic acids is 2. The number of amides is 2. The van der Waals surface area contributed by atoms with Crippen LogP contribution in [-0.2, 0) is 22.6 Å². The van der Waals surface area contributed by atoms with Crippen molar-refractivity contribution < 1.29 is 9.59 Å². The Balaban J connectivity index is 2.24. The Kier molecular flexibility index (Phi) is 7.41. The van der Waals surface area contributed by atoms with Crippen molar-refractivity contribution in [2.24, 2.45) is 0 Å². The number of nitrogens with one attached hydrogen (secondary N) is 1. The lowest BCUT2D eigenvalue weighted by Crippen LogP contribution is -2.52. The number of nitrogens with zero attached hydrogens (tertiary/aromatic N) is 1. The van der Waals surface area contributed by atoms with Crippen LogP contribution in [-0.4, -0.2) is 28.3 Å². The van der Waals surface area contributed by atoms with Gasteiger partial charge in [-0.05, 0) is 57.9 Å². The standard InChI is InChI=1S/C23H29BrN2O2/c1-16-7-6-8-19(13-16)14-21(27)26(15-18-9-11-20(24)12-10-18)17(2)22(28)25-23(3,4)5/h6-13,17H,14-15H2,1-5H3,(H,25,28)/t17-/m1/s1. The number of rotatable bonds is 6. The second-order valence-electron chi connectivity index (χ2n) is 8.23. The Morgan fingerprint density at radius 1 is 1.07 bits per heavy atom. The second-order valence-corrected chi connectivity index (χ2v) is 9.14. The SMILES string of the molecule is Cc1cccc(CC(=O)N(Cc2ccc(Br)cc2)[C@H](C)C(=O)NC(C)(C)C)c1. The van der Waals surface area contributed by atoms with Gasteiger partial charge in [0.15, 0.2) is 0 Å². The van der Waals surface area contributed by atoms with Gasteiger partial charge in [-0.3, -0.25) is 9.59 Å². The zero-order valence-corrected chi connectivity index (χ0v) is 18.8. The van der Waals surface area contributed by atoms with E-state index in [0.717, 1.165) is 21.2 Å². The Hall–Kier alpha value is -2.14. The summed E-state index contributed by atoms with van der Waals surface area (Å²) in [5.41, 5.74) is 2.70. The normalized spacial score (nSPS) is 12.4. The summed E-state index contributed by atoms with van der Waals surface area (Å²) in [6, 6.07) is 15.2. The molecule has 0 bridgehead atoms. The maximum atomic E-state index is 13.1. The molecule has 0 radical (unpaired) electrons. The van der Waals surface area contributed by atoms with Gasteiger partial charge in [0, 0.05) is 16.6 Å². The lowest BCUT2D eigenvalue weighted by Gasteiger charge is -2.31. The van der Waals surface area contributed by atoms with Gasteiger partial charge in [-0.15, -0.1) is 0 Å². The molecular formula is C23H29BrN2O2. The highest BCUT2D eigenvalue weighted by atomic mass is 79.9. The summed E-state index contributed by atoms with van der Waals surface area (Å²) in [4.78, 5) is 27.5. The van der Waals surface area contributed by atoms with Gasteiger partial charge in [0.1, 0.15) is 6.04 Å². The summed E-state index contributed by atoms with van der Waals surface area (Å²) in [5, 5.41) is 2.98. The zero-order valence-electron chi connectivity index (χ0n) is 17.3. The highest BCUT2D eigenvalue weighted by molar-refractivity contribution is 9.10. The molecule has 1 atom stereocenters. The van der Waals surface area contributed by atoms with Crippen LogP contribution in [0.4, 0.5) is 0 Å². The number of benzene rings is 2. The number of carbonyl (C=O) groups is 2. The van der Waals surface area contributed by atoms with E-state index in [-0.39, 0.29) is 23.8 Å². The van der Waals surface area contributed by atoms with Gasteiger partial charge < -0.3 is 10.2 Å². The maximum Gasteiger partial charge on any atom is 0.242 e. The van der Waals surface area contributed by atoms with Crippen molar-refractivity contribution in [1.29, 1.82) is 0 Å². The van der Waals surface area contributed by atoms with Crippen LogP contribution in [0.2, 0.25) is 0 Å². The monoisotopic (exact) mass is 444 g/mol. The van der Waals surface area contributed by atoms with Crippen LogP contribution in [0.15, 0.2) is 53.0 Å². The van der Waals surface area contributed by atoms with E-state index in [1.807, 2.05) is 76.2 Å². The maximum absolute atomic E-state index is 13.1. The van der Waals surface area contributed by atoms with Crippen molar-refractivity contribution in [1.82, 2.24) is 10.2 Å². The summed E-state index contributed by atoms with van der Waals surface area (Å²) >= 11 is 3.43. The summed E-state index contributed by atoms with van der Waals surface area (Å²) < 4.78 is 0.979. The molecule has 1 N–H and O–H groups in total. The fourth-order valence-electron chi connectivity index (χ4n) is 2.94. The van der Waals surface area contributed by atoms with Crippen LogP contribution in [0.5, 0.6) is 0 Å². The van der Waals surface area contributed by atoms with E-state index in [0.29, 0.717) is 6.54 Å². The molecular weight excluding hydrogens is 416 g/mol. The average molecular weight is 445 g/mol. The van der Waals surface area contributed by atoms with Gasteiger partial charge >= 0.3 is 0 Å². The van der Waals surface area contributed by atoms with Crippen molar-refractivity contribution in [3.8, 4) is 0 Å². The predicted molar refractivity (Wildman–Crippen MR) is 117 cm³/mol. The summed E-state index contributed by atoms with van der Waals surface area (Å²) in [6.07, 6.45) is 0.269. The molecule has 150 valence electrons. The third kappa shape index (κ3) is 6.79. The lowest BCUT2D eigenvalue weighted by molar-refractivity contribution is -0.140. The molecule has 0 unspecified atom stereocenters. The van der Waals surface area contributed by atoms with E-state index in [2.05, 4.69) is 21.2 Å². The van der Waals surface area contributed by atoms with Crippen LogP contribution in [0.1, 0.15) is 44.4 Å². The molecule has 0 saturated carbocycles. The fraction of sp³-hybridized carbons (Fsp3) is 0.391. The average Bonchev–Trinajstić information content (AvgIpc) is 2.59. The minimum Gasteiger partial charge on any atom is -0.350 e. The molecule has 0 aliphatic carbocycles. The number of aryl methyl sites for hydroxylation is 1. The molecule has 0 heterocycles. The molecule has 0 fully saturated rings. The van der Waals surface area contributed by atoms with Crippen molar-refractivity contribution in [3.05, 3.63) is 69.7 Å². The van der Waals surface area contributed by atoms with E-state index in [1.165, 1.54) is 0 Å². The molecule has 0 spiro atoms. The van der Waals surface area contributed by atoms with E-state index < -0.39 is 6.04 Å². The number of hydrogen-bond donors (Lipinski definition) is 1. The van der Waals surface area contributed by atoms with Crippen molar-refractivity contribution in [3.63, 3.8) is 0 Å². The molecule has 4 nitrogen and oxygen atoms in total. The van der Waals surface area contributed by atoms with E-state index >= 15 is 0 Å². The van der Waals surface area contributed by atoms with Gasteiger partial charge in [-0.2, -0.15) is 0 Å². The second kappa shape index (κ2) is 9.37. The minimum atomic E-state index is -0.569. The minimum absolute atomic E-state index is 0.0647. The largest absolute Gasteiger partial charge is 0.350 e. The van der Waals surface area contributed by atoms with Crippen molar-refractivity contribution >= 4 is 27.7 Å². The van der Waals surface area contributed by atoms with Gasteiger partial charge in [0.25, 0.3) is 0 Å². The van der Waals surface area contributed by atoms with Gasteiger partial charge in [0.2, 0.25) is 11.8 Å². The van der Waals surface area contributed by atoms with Crippen LogP contribution in [0.25, 0.3) is 0 Å². The van der Waals surface area contributed by atoms with Crippen LogP contribution in [0, 0.1) is 6.92 Å². The third-order valence-electron chi connectivity index (χ3n) is 4.37. The first-order valence-corrected chi connectivity index (χ1v) is 10.3. The van der Waals surface area contributed by atoms with E-state index in [1.54, 1.807) is 11.8 Å². The fourth-order valence-corrected chi connectivity index (χ4v) is 3.21. The Morgan fingerprint density at radius 2 is 1.71 bits per heavy atom. The molecule has 2 amide bonds. The highest BCUT2D eigenvalue weighted by Crippen LogP contribution is 2.16. The molecule has 0 aromatic heterocycles. The molecule has 2 aromatic rings. The van der Waals surface area contributed by atoms with Crippen molar-refractivity contribution in [2.75, 3.05) is 0 Å². The molecule has 0 aliphatic heterocycles. The molecule has 2 rings (SSSR count). The molecule has 0 saturated heterocycles. The third-order valence-corrected chi connectivity index (χ3v) is 4.90. The quantitative estimate of drug-likeness (QED) is 0.705. The first-order chi connectivity index (χ1) is 13.0. The predicted octanol–water partition coefficient (Wildman–Crippen LogP) is 4.63. The van der Waals surface area contributed by atoms with E-state index in [4.69, 9.17) is 0 Å². The highest BCUT2D eigenvalue weighted by Gasteiger charge is 2.28. The van der Waals surface area contributed by atoms with Gasteiger partial charge in [0.05, 0.1) is 6.42 Å². The molecule has 5 heteroatoms. The topological polar surface area (TPSA) is 49.4 Å². The smallest absolute Gasteiger partial charge is 0.242 e. The zero-order chi connectivity index (χ0) is 20.9. The first kappa shape index (κ1) is 22.2. The Labute approximate surface area is 176 Å². The van der Waals surface area contributed by atoms with Gasteiger partial charge in [-0.25, -0.2) is 0 Å². The summed E-state index contributed by atoms with van der Waals surface area (Å²) in [6.45, 7) is 9.99. The summed E-state index contributed by atoms with van der Waals surface area (Å²) in [7, 11) is 0. The van der Waals surface area contributed by atoms with Crippen molar-refractivity contribution in [2.45, 2.75) is 59.2 Å². The molecule has 28 heavy (non-hydrogen) atoms.